The lowest BCUT2D eigenvalue weighted by atomic mass is 10.1. The average Bonchev–Trinajstić information content (AvgIpc) is 2.34. The number of halogens is 2. The molecule has 1 N–H and O–H groups in total. The van der Waals surface area contributed by atoms with Crippen molar-refractivity contribution < 1.29 is 13.9 Å². The molecule has 0 saturated carbocycles. The summed E-state index contributed by atoms with van der Waals surface area (Å²) in [5.41, 5.74) is 0.557. The van der Waals surface area contributed by atoms with Gasteiger partial charge in [0.1, 0.15) is 11.9 Å². The minimum Gasteiger partial charge on any atom is -0.465 e. The second kappa shape index (κ2) is 7.13. The molecule has 18 heavy (non-hydrogen) atoms. The highest BCUT2D eigenvalue weighted by Gasteiger charge is 2.21. The maximum atomic E-state index is 13.1. The lowest BCUT2D eigenvalue weighted by Crippen LogP contribution is -2.30. The Morgan fingerprint density at radius 2 is 2.39 bits per heavy atom. The van der Waals surface area contributed by atoms with Crippen LogP contribution < -0.4 is 5.32 Å². The molecule has 1 aromatic rings. The third kappa shape index (κ3) is 3.82. The first-order chi connectivity index (χ1) is 8.60. The van der Waals surface area contributed by atoms with Crippen LogP contribution in [0.5, 0.6) is 0 Å². The van der Waals surface area contributed by atoms with Crippen LogP contribution in [0.25, 0.3) is 0 Å². The minimum atomic E-state index is -0.680. The van der Waals surface area contributed by atoms with Crippen molar-refractivity contribution in [3.8, 4) is 0 Å². The summed E-state index contributed by atoms with van der Waals surface area (Å²) in [5.74, 6) is -0.950. The maximum absolute atomic E-state index is 13.1. The number of carbonyl (C=O) groups excluding carboxylic acids is 1. The molecule has 1 atom stereocenters. The van der Waals surface area contributed by atoms with E-state index in [1.54, 1.807) is 13.0 Å². The molecular weight excluding hydrogens is 257 g/mol. The van der Waals surface area contributed by atoms with Crippen molar-refractivity contribution in [3.05, 3.63) is 47.3 Å². The van der Waals surface area contributed by atoms with Gasteiger partial charge in [-0.3, -0.25) is 5.32 Å². The Labute approximate surface area is 111 Å². The molecule has 0 aliphatic rings. The van der Waals surface area contributed by atoms with Gasteiger partial charge in [0.05, 0.1) is 11.6 Å². The van der Waals surface area contributed by atoms with E-state index in [1.807, 2.05) is 0 Å². The van der Waals surface area contributed by atoms with E-state index in [-0.39, 0.29) is 11.6 Å². The topological polar surface area (TPSA) is 38.3 Å². The van der Waals surface area contributed by atoms with Gasteiger partial charge in [-0.2, -0.15) is 0 Å². The van der Waals surface area contributed by atoms with Crippen LogP contribution in [-0.4, -0.2) is 19.1 Å². The monoisotopic (exact) mass is 271 g/mol. The molecule has 0 heterocycles. The summed E-state index contributed by atoms with van der Waals surface area (Å²) in [6, 6.07) is 3.45. The summed E-state index contributed by atoms with van der Waals surface area (Å²) in [6.45, 7) is 5.99. The summed E-state index contributed by atoms with van der Waals surface area (Å²) in [6.07, 6.45) is 1.62. The van der Waals surface area contributed by atoms with E-state index in [0.717, 1.165) is 0 Å². The van der Waals surface area contributed by atoms with E-state index in [1.165, 1.54) is 18.2 Å². The summed E-state index contributed by atoms with van der Waals surface area (Å²) in [4.78, 5) is 11.8. The van der Waals surface area contributed by atoms with Gasteiger partial charge in [-0.1, -0.05) is 23.7 Å². The predicted octanol–water partition coefficient (Wildman–Crippen LogP) is 2.86. The van der Waals surface area contributed by atoms with Gasteiger partial charge < -0.3 is 4.74 Å². The van der Waals surface area contributed by atoms with E-state index >= 15 is 0 Å². The first-order valence-corrected chi connectivity index (χ1v) is 5.93. The number of hydrogen-bond donors (Lipinski definition) is 1. The second-order valence-corrected chi connectivity index (χ2v) is 3.96. The molecule has 0 aliphatic heterocycles. The molecule has 98 valence electrons. The molecule has 0 fully saturated rings. The zero-order valence-electron chi connectivity index (χ0n) is 10.1. The normalized spacial score (nSPS) is 11.9. The fourth-order valence-electron chi connectivity index (χ4n) is 1.46. The zero-order valence-corrected chi connectivity index (χ0v) is 10.8. The molecule has 3 nitrogen and oxygen atoms in total. The van der Waals surface area contributed by atoms with Crippen LogP contribution in [0.4, 0.5) is 4.39 Å². The maximum Gasteiger partial charge on any atom is 0.327 e. The molecular formula is C13H15ClFNO2. The number of esters is 1. The number of carbonyl (C=O) groups is 1. The van der Waals surface area contributed by atoms with E-state index in [4.69, 9.17) is 16.3 Å². The lowest BCUT2D eigenvalue weighted by Gasteiger charge is -2.17. The van der Waals surface area contributed by atoms with Crippen molar-refractivity contribution in [3.63, 3.8) is 0 Å². The van der Waals surface area contributed by atoms with Gasteiger partial charge in [0, 0.05) is 6.54 Å². The van der Waals surface area contributed by atoms with Gasteiger partial charge in [0.15, 0.2) is 0 Å². The number of rotatable bonds is 6. The molecule has 0 radical (unpaired) electrons. The summed E-state index contributed by atoms with van der Waals surface area (Å²) < 4.78 is 18.0. The molecule has 0 bridgehead atoms. The van der Waals surface area contributed by atoms with Crippen LogP contribution in [0.15, 0.2) is 30.9 Å². The molecule has 0 aliphatic carbocycles. The number of nitrogens with one attached hydrogen (secondary N) is 1. The van der Waals surface area contributed by atoms with Crippen LogP contribution >= 0.6 is 11.6 Å². The molecule has 0 amide bonds. The molecule has 1 rings (SSSR count). The highest BCUT2D eigenvalue weighted by atomic mass is 35.5. The van der Waals surface area contributed by atoms with Crippen LogP contribution in [0.1, 0.15) is 18.5 Å². The lowest BCUT2D eigenvalue weighted by molar-refractivity contribution is -0.145. The quantitative estimate of drug-likeness (QED) is 0.639. The van der Waals surface area contributed by atoms with E-state index in [0.29, 0.717) is 12.1 Å². The number of hydrogen-bond acceptors (Lipinski definition) is 3. The van der Waals surface area contributed by atoms with Gasteiger partial charge in [0.2, 0.25) is 0 Å². The Balaban J connectivity index is 2.96. The van der Waals surface area contributed by atoms with Crippen LogP contribution in [0.2, 0.25) is 5.02 Å². The number of ether oxygens (including phenoxy) is 1. The fraction of sp³-hybridized carbons (Fsp3) is 0.308. The first-order valence-electron chi connectivity index (χ1n) is 5.56. The average molecular weight is 272 g/mol. The Bertz CT molecular complexity index is 437. The highest BCUT2D eigenvalue weighted by molar-refractivity contribution is 6.30. The van der Waals surface area contributed by atoms with Crippen molar-refractivity contribution in [2.75, 3.05) is 13.2 Å². The summed E-state index contributed by atoms with van der Waals surface area (Å²) in [7, 11) is 0. The summed E-state index contributed by atoms with van der Waals surface area (Å²) in [5, 5.41) is 2.92. The molecule has 0 spiro atoms. The van der Waals surface area contributed by atoms with Gasteiger partial charge in [-0.25, -0.2) is 9.18 Å². The van der Waals surface area contributed by atoms with Crippen molar-refractivity contribution in [1.82, 2.24) is 5.32 Å². The molecule has 0 aromatic heterocycles. The molecule has 1 unspecified atom stereocenters. The van der Waals surface area contributed by atoms with Crippen LogP contribution in [0.3, 0.4) is 0 Å². The van der Waals surface area contributed by atoms with Crippen molar-refractivity contribution in [2.45, 2.75) is 13.0 Å². The fourth-order valence-corrected chi connectivity index (χ4v) is 1.64. The molecule has 5 heteroatoms. The minimum absolute atomic E-state index is 0.0257. The van der Waals surface area contributed by atoms with Crippen molar-refractivity contribution >= 4 is 17.6 Å². The summed E-state index contributed by atoms with van der Waals surface area (Å²) >= 11 is 5.70. The van der Waals surface area contributed by atoms with Gasteiger partial charge in [-0.15, -0.1) is 6.58 Å². The van der Waals surface area contributed by atoms with E-state index < -0.39 is 17.8 Å². The number of benzene rings is 1. The smallest absolute Gasteiger partial charge is 0.327 e. The molecule has 0 saturated heterocycles. The third-order valence-corrected chi connectivity index (χ3v) is 2.56. The Hall–Kier alpha value is -1.39. The van der Waals surface area contributed by atoms with Crippen LogP contribution in [-0.2, 0) is 9.53 Å². The third-order valence-electron chi connectivity index (χ3n) is 2.27. The van der Waals surface area contributed by atoms with Gasteiger partial charge in [-0.05, 0) is 24.6 Å². The zero-order chi connectivity index (χ0) is 13.5. The first kappa shape index (κ1) is 14.7. The predicted molar refractivity (Wildman–Crippen MR) is 69.0 cm³/mol. The van der Waals surface area contributed by atoms with E-state index in [2.05, 4.69) is 11.9 Å². The van der Waals surface area contributed by atoms with E-state index in [9.17, 15) is 9.18 Å². The van der Waals surface area contributed by atoms with Gasteiger partial charge >= 0.3 is 5.97 Å². The Morgan fingerprint density at radius 1 is 1.67 bits per heavy atom. The van der Waals surface area contributed by atoms with Crippen molar-refractivity contribution in [2.24, 2.45) is 0 Å². The van der Waals surface area contributed by atoms with Crippen molar-refractivity contribution in [1.29, 1.82) is 0 Å². The SMILES string of the molecule is C=CCNC(C(=O)OCC)c1ccc(F)c(Cl)c1. The standard InChI is InChI=1S/C13H15ClFNO2/c1-3-7-16-12(13(17)18-4-2)9-5-6-11(15)10(14)8-9/h3,5-6,8,12,16H,1,4,7H2,2H3. The Morgan fingerprint density at radius 3 is 2.94 bits per heavy atom. The highest BCUT2D eigenvalue weighted by Crippen LogP contribution is 2.21. The molecule has 1 aromatic carbocycles. The van der Waals surface area contributed by atoms with Gasteiger partial charge in [0.25, 0.3) is 0 Å². The van der Waals surface area contributed by atoms with Crippen LogP contribution in [0, 0.1) is 5.82 Å². The second-order valence-electron chi connectivity index (χ2n) is 3.56. The Kier molecular flexibility index (Phi) is 5.82. The largest absolute Gasteiger partial charge is 0.465 e.